The number of rotatable bonds is 4. The monoisotopic (exact) mass is 236 g/mol. The second-order valence-corrected chi connectivity index (χ2v) is 5.17. The van der Waals surface area contributed by atoms with Crippen molar-refractivity contribution in [3.8, 4) is 0 Å². The predicted octanol–water partition coefficient (Wildman–Crippen LogP) is 1.44. The molecule has 0 bridgehead atoms. The summed E-state index contributed by atoms with van der Waals surface area (Å²) in [5.41, 5.74) is 9.58. The number of hydrogen-bond acceptors (Lipinski definition) is 3. The average Bonchev–Trinajstić information content (AvgIpc) is 2.53. The molecule has 1 aromatic heterocycles. The van der Waals surface area contributed by atoms with Crippen LogP contribution in [0.15, 0.2) is 0 Å². The summed E-state index contributed by atoms with van der Waals surface area (Å²) in [6.07, 6.45) is 0. The molecular formula is C13H24N4. The summed E-state index contributed by atoms with van der Waals surface area (Å²) in [5.74, 6) is 0.408. The number of likely N-dealkylation sites (N-methyl/N-ethyl adjacent to an activating group) is 1. The molecule has 2 heterocycles. The van der Waals surface area contributed by atoms with Crippen LogP contribution in [0.3, 0.4) is 0 Å². The lowest BCUT2D eigenvalue weighted by molar-refractivity contribution is 0.104. The molecule has 0 saturated carbocycles. The highest BCUT2D eigenvalue weighted by Gasteiger charge is 2.30. The number of aryl methyl sites for hydroxylation is 1. The summed E-state index contributed by atoms with van der Waals surface area (Å²) in [5, 5.41) is 4.70. The predicted molar refractivity (Wildman–Crippen MR) is 70.3 cm³/mol. The lowest BCUT2D eigenvalue weighted by Gasteiger charge is -2.39. The van der Waals surface area contributed by atoms with E-state index >= 15 is 0 Å². The van der Waals surface area contributed by atoms with E-state index in [0.29, 0.717) is 18.5 Å². The molecule has 0 radical (unpaired) electrons. The van der Waals surface area contributed by atoms with Crippen LogP contribution in [0.5, 0.6) is 0 Å². The van der Waals surface area contributed by atoms with Crippen molar-refractivity contribution in [1.29, 1.82) is 0 Å². The molecule has 2 rings (SSSR count). The van der Waals surface area contributed by atoms with Crippen LogP contribution in [0.1, 0.15) is 42.8 Å². The van der Waals surface area contributed by atoms with Gasteiger partial charge < -0.3 is 5.73 Å². The van der Waals surface area contributed by atoms with Crippen LogP contribution >= 0.6 is 0 Å². The van der Waals surface area contributed by atoms with E-state index in [0.717, 1.165) is 25.3 Å². The summed E-state index contributed by atoms with van der Waals surface area (Å²) in [4.78, 5) is 2.44. The van der Waals surface area contributed by atoms with Crippen molar-refractivity contribution in [2.45, 2.75) is 39.7 Å². The van der Waals surface area contributed by atoms with E-state index in [1.807, 2.05) is 0 Å². The smallest absolute Gasteiger partial charge is 0.0776 e. The van der Waals surface area contributed by atoms with Gasteiger partial charge in [0.15, 0.2) is 0 Å². The molecule has 0 aromatic carbocycles. The lowest BCUT2D eigenvalue weighted by Crippen LogP contribution is -2.47. The van der Waals surface area contributed by atoms with Crippen molar-refractivity contribution in [2.24, 2.45) is 5.73 Å². The third-order valence-corrected chi connectivity index (χ3v) is 3.96. The Balaban J connectivity index is 2.20. The zero-order valence-corrected chi connectivity index (χ0v) is 11.4. The SMILES string of the molecule is CCN1CC(n2nc(C)c(C(C)CN)c2C)C1. The standard InChI is InChI=1S/C13H24N4/c1-5-16-7-12(8-16)17-11(4)13(9(2)6-14)10(3)15-17/h9,12H,5-8,14H2,1-4H3. The van der Waals surface area contributed by atoms with E-state index in [1.165, 1.54) is 11.3 Å². The van der Waals surface area contributed by atoms with Crippen LogP contribution in [0.4, 0.5) is 0 Å². The number of likely N-dealkylation sites (tertiary alicyclic amines) is 1. The molecule has 1 atom stereocenters. The maximum absolute atomic E-state index is 5.77. The molecule has 1 aliphatic rings. The second kappa shape index (κ2) is 4.78. The fourth-order valence-electron chi connectivity index (χ4n) is 2.82. The van der Waals surface area contributed by atoms with Gasteiger partial charge in [-0.2, -0.15) is 5.10 Å². The van der Waals surface area contributed by atoms with Gasteiger partial charge in [0.1, 0.15) is 0 Å². The molecular weight excluding hydrogens is 212 g/mol. The van der Waals surface area contributed by atoms with Gasteiger partial charge in [-0.3, -0.25) is 9.58 Å². The normalized spacial score (nSPS) is 19.4. The van der Waals surface area contributed by atoms with Crippen molar-refractivity contribution in [1.82, 2.24) is 14.7 Å². The van der Waals surface area contributed by atoms with Gasteiger partial charge in [-0.25, -0.2) is 0 Å². The molecule has 1 fully saturated rings. The van der Waals surface area contributed by atoms with Gasteiger partial charge in [0, 0.05) is 24.3 Å². The first-order valence-corrected chi connectivity index (χ1v) is 6.56. The maximum Gasteiger partial charge on any atom is 0.0776 e. The van der Waals surface area contributed by atoms with E-state index in [2.05, 4.69) is 37.3 Å². The fraction of sp³-hybridized carbons (Fsp3) is 0.769. The first-order valence-electron chi connectivity index (χ1n) is 6.56. The Morgan fingerprint density at radius 3 is 2.59 bits per heavy atom. The van der Waals surface area contributed by atoms with Gasteiger partial charge in [-0.15, -0.1) is 0 Å². The first-order chi connectivity index (χ1) is 8.08. The van der Waals surface area contributed by atoms with Crippen LogP contribution in [0.25, 0.3) is 0 Å². The highest BCUT2D eigenvalue weighted by atomic mass is 15.4. The fourth-order valence-corrected chi connectivity index (χ4v) is 2.82. The molecule has 1 aliphatic heterocycles. The minimum atomic E-state index is 0.408. The van der Waals surface area contributed by atoms with Crippen LogP contribution in [-0.2, 0) is 0 Å². The number of nitrogens with zero attached hydrogens (tertiary/aromatic N) is 3. The quantitative estimate of drug-likeness (QED) is 0.860. The molecule has 96 valence electrons. The average molecular weight is 236 g/mol. The van der Waals surface area contributed by atoms with Crippen LogP contribution in [0, 0.1) is 13.8 Å². The molecule has 1 saturated heterocycles. The first kappa shape index (κ1) is 12.6. The minimum absolute atomic E-state index is 0.408. The van der Waals surface area contributed by atoms with Gasteiger partial charge in [0.25, 0.3) is 0 Å². The summed E-state index contributed by atoms with van der Waals surface area (Å²) in [7, 11) is 0. The third-order valence-electron chi connectivity index (χ3n) is 3.96. The minimum Gasteiger partial charge on any atom is -0.330 e. The third kappa shape index (κ3) is 2.11. The topological polar surface area (TPSA) is 47.1 Å². The van der Waals surface area contributed by atoms with Crippen molar-refractivity contribution in [2.75, 3.05) is 26.2 Å². The van der Waals surface area contributed by atoms with Gasteiger partial charge in [-0.05, 0) is 32.9 Å². The Morgan fingerprint density at radius 1 is 1.41 bits per heavy atom. The molecule has 4 heteroatoms. The van der Waals surface area contributed by atoms with E-state index in [1.54, 1.807) is 0 Å². The van der Waals surface area contributed by atoms with Crippen LogP contribution in [-0.4, -0.2) is 40.9 Å². The molecule has 1 aromatic rings. The molecule has 0 aliphatic carbocycles. The number of aromatic nitrogens is 2. The zero-order chi connectivity index (χ0) is 12.6. The van der Waals surface area contributed by atoms with Crippen molar-refractivity contribution < 1.29 is 0 Å². The Labute approximate surface area is 104 Å². The zero-order valence-electron chi connectivity index (χ0n) is 11.4. The Bertz CT molecular complexity index is 390. The van der Waals surface area contributed by atoms with Gasteiger partial charge in [-0.1, -0.05) is 13.8 Å². The highest BCUT2D eigenvalue weighted by Crippen LogP contribution is 2.28. The summed E-state index contributed by atoms with van der Waals surface area (Å²) < 4.78 is 2.21. The largest absolute Gasteiger partial charge is 0.330 e. The van der Waals surface area contributed by atoms with Crippen molar-refractivity contribution in [3.63, 3.8) is 0 Å². The van der Waals surface area contributed by atoms with E-state index in [-0.39, 0.29) is 0 Å². The molecule has 1 unspecified atom stereocenters. The lowest BCUT2D eigenvalue weighted by atomic mass is 9.99. The van der Waals surface area contributed by atoms with Gasteiger partial charge in [0.05, 0.1) is 11.7 Å². The summed E-state index contributed by atoms with van der Waals surface area (Å²) in [6, 6.07) is 0.562. The Kier molecular flexibility index (Phi) is 3.54. The van der Waals surface area contributed by atoms with Gasteiger partial charge in [0.2, 0.25) is 0 Å². The van der Waals surface area contributed by atoms with Crippen molar-refractivity contribution in [3.05, 3.63) is 17.0 Å². The Hall–Kier alpha value is -0.870. The second-order valence-electron chi connectivity index (χ2n) is 5.17. The van der Waals surface area contributed by atoms with Crippen LogP contribution in [0.2, 0.25) is 0 Å². The van der Waals surface area contributed by atoms with Crippen LogP contribution < -0.4 is 5.73 Å². The highest BCUT2D eigenvalue weighted by molar-refractivity contribution is 5.29. The molecule has 4 nitrogen and oxygen atoms in total. The summed E-state index contributed by atoms with van der Waals surface area (Å²) in [6.45, 7) is 12.8. The van der Waals surface area contributed by atoms with Crippen molar-refractivity contribution >= 4 is 0 Å². The number of nitrogens with two attached hydrogens (primary N) is 1. The molecule has 0 amide bonds. The molecule has 0 spiro atoms. The molecule has 2 N–H and O–H groups in total. The van der Waals surface area contributed by atoms with E-state index in [9.17, 15) is 0 Å². The van der Waals surface area contributed by atoms with Gasteiger partial charge >= 0.3 is 0 Å². The number of hydrogen-bond donors (Lipinski definition) is 1. The molecule has 17 heavy (non-hydrogen) atoms. The van der Waals surface area contributed by atoms with E-state index in [4.69, 9.17) is 10.8 Å². The summed E-state index contributed by atoms with van der Waals surface area (Å²) >= 11 is 0. The maximum atomic E-state index is 5.77. The van der Waals surface area contributed by atoms with E-state index < -0.39 is 0 Å². The Morgan fingerprint density at radius 2 is 2.06 bits per heavy atom.